The fourth-order valence-corrected chi connectivity index (χ4v) is 6.57. The maximum atomic E-state index is 12.8. The maximum Gasteiger partial charge on any atom is 0.349 e. The molecule has 6 nitrogen and oxygen atoms in total. The third-order valence-corrected chi connectivity index (χ3v) is 8.16. The number of anilines is 1. The highest BCUT2D eigenvalue weighted by molar-refractivity contribution is 7.17. The molecule has 166 valence electrons. The fourth-order valence-electron chi connectivity index (χ4n) is 4.15. The minimum atomic E-state index is -0.971. The molecule has 2 aromatic rings. The summed E-state index contributed by atoms with van der Waals surface area (Å²) in [5, 5.41) is 3.31. The molecule has 2 heterocycles. The molecule has 0 aliphatic heterocycles. The van der Waals surface area contributed by atoms with Crippen LogP contribution in [0.5, 0.6) is 0 Å². The van der Waals surface area contributed by atoms with E-state index >= 15 is 0 Å². The third kappa shape index (κ3) is 4.70. The second-order valence-corrected chi connectivity index (χ2v) is 10.2. The van der Waals surface area contributed by atoms with Crippen LogP contribution in [0.15, 0.2) is 6.07 Å². The molecule has 0 saturated carbocycles. The monoisotopic (exact) mass is 461 g/mol. The molecule has 0 bridgehead atoms. The summed E-state index contributed by atoms with van der Waals surface area (Å²) in [5.74, 6) is -1.33. The Morgan fingerprint density at radius 2 is 1.71 bits per heavy atom. The van der Waals surface area contributed by atoms with E-state index < -0.39 is 23.9 Å². The molecule has 31 heavy (non-hydrogen) atoms. The Morgan fingerprint density at radius 1 is 1.00 bits per heavy atom. The van der Waals surface area contributed by atoms with Crippen LogP contribution in [0, 0.1) is 0 Å². The average Bonchev–Trinajstić information content (AvgIpc) is 3.35. The van der Waals surface area contributed by atoms with Crippen molar-refractivity contribution in [2.75, 3.05) is 11.9 Å². The van der Waals surface area contributed by atoms with Gasteiger partial charge in [-0.2, -0.15) is 0 Å². The van der Waals surface area contributed by atoms with Crippen LogP contribution < -0.4 is 5.32 Å². The molecule has 0 aromatic carbocycles. The predicted octanol–water partition coefficient (Wildman–Crippen LogP) is 4.93. The van der Waals surface area contributed by atoms with Crippen LogP contribution in [0.4, 0.5) is 5.00 Å². The van der Waals surface area contributed by atoms with Crippen molar-refractivity contribution in [2.45, 2.75) is 71.3 Å². The van der Waals surface area contributed by atoms with Crippen LogP contribution in [0.25, 0.3) is 0 Å². The van der Waals surface area contributed by atoms with Gasteiger partial charge in [0.25, 0.3) is 5.91 Å². The number of aryl methyl sites for hydroxylation is 3. The first-order valence-corrected chi connectivity index (χ1v) is 12.6. The number of ether oxygens (including phenoxy) is 2. The molecular weight excluding hydrogens is 434 g/mol. The number of esters is 2. The van der Waals surface area contributed by atoms with Crippen molar-refractivity contribution < 1.29 is 23.9 Å². The highest BCUT2D eigenvalue weighted by atomic mass is 32.1. The van der Waals surface area contributed by atoms with Gasteiger partial charge >= 0.3 is 11.9 Å². The lowest BCUT2D eigenvalue weighted by Gasteiger charge is -2.14. The topological polar surface area (TPSA) is 81.7 Å². The Morgan fingerprint density at radius 3 is 2.45 bits per heavy atom. The average molecular weight is 462 g/mol. The Balaban J connectivity index is 1.46. The van der Waals surface area contributed by atoms with Gasteiger partial charge in [-0.1, -0.05) is 0 Å². The number of carbonyl (C=O) groups excluding carboxylic acids is 3. The molecule has 4 rings (SSSR count). The van der Waals surface area contributed by atoms with Gasteiger partial charge in [0.05, 0.1) is 12.2 Å². The first-order valence-electron chi connectivity index (χ1n) is 10.9. The van der Waals surface area contributed by atoms with Crippen molar-refractivity contribution in [1.82, 2.24) is 0 Å². The van der Waals surface area contributed by atoms with Crippen molar-refractivity contribution in [2.24, 2.45) is 0 Å². The summed E-state index contributed by atoms with van der Waals surface area (Å²) in [6.07, 6.45) is 7.11. The van der Waals surface area contributed by atoms with Crippen molar-refractivity contribution in [3.8, 4) is 0 Å². The summed E-state index contributed by atoms with van der Waals surface area (Å²) in [5.41, 5.74) is 2.67. The summed E-state index contributed by atoms with van der Waals surface area (Å²) in [4.78, 5) is 40.9. The lowest BCUT2D eigenvalue weighted by Crippen LogP contribution is -2.30. The Hall–Kier alpha value is -2.19. The second kappa shape index (κ2) is 9.53. The number of rotatable bonds is 6. The second-order valence-electron chi connectivity index (χ2n) is 7.94. The minimum Gasteiger partial charge on any atom is -0.462 e. The molecule has 8 heteroatoms. The quantitative estimate of drug-likeness (QED) is 0.617. The lowest BCUT2D eigenvalue weighted by molar-refractivity contribution is -0.123. The minimum absolute atomic E-state index is 0.273. The number of hydrogen-bond acceptors (Lipinski definition) is 7. The van der Waals surface area contributed by atoms with Gasteiger partial charge in [-0.25, -0.2) is 9.59 Å². The summed E-state index contributed by atoms with van der Waals surface area (Å²) in [6.45, 7) is 3.59. The van der Waals surface area contributed by atoms with E-state index in [2.05, 4.69) is 5.32 Å². The van der Waals surface area contributed by atoms with Crippen LogP contribution in [-0.4, -0.2) is 30.6 Å². The SMILES string of the molecule is CCOC(=O)c1c(NC(=O)C(C)OC(=O)c2cc3c(s2)CCCC3)sc2c1CCCC2. The smallest absolute Gasteiger partial charge is 0.349 e. The van der Waals surface area contributed by atoms with Gasteiger partial charge in [0.2, 0.25) is 0 Å². The molecule has 0 spiro atoms. The van der Waals surface area contributed by atoms with Gasteiger partial charge in [0, 0.05) is 9.75 Å². The number of thiophene rings is 2. The van der Waals surface area contributed by atoms with Crippen LogP contribution in [0.2, 0.25) is 0 Å². The zero-order chi connectivity index (χ0) is 22.0. The molecule has 1 unspecified atom stereocenters. The fraction of sp³-hybridized carbons (Fsp3) is 0.522. The number of amides is 1. The van der Waals surface area contributed by atoms with E-state index in [9.17, 15) is 14.4 Å². The van der Waals surface area contributed by atoms with Crippen LogP contribution in [0.1, 0.15) is 80.4 Å². The van der Waals surface area contributed by atoms with Gasteiger partial charge in [0.15, 0.2) is 6.10 Å². The number of hydrogen-bond donors (Lipinski definition) is 1. The molecule has 2 aliphatic carbocycles. The highest BCUT2D eigenvalue weighted by Gasteiger charge is 2.29. The van der Waals surface area contributed by atoms with Crippen molar-refractivity contribution >= 4 is 45.5 Å². The molecule has 0 saturated heterocycles. The number of carbonyl (C=O) groups is 3. The van der Waals surface area contributed by atoms with Crippen molar-refractivity contribution in [3.05, 3.63) is 37.4 Å². The summed E-state index contributed by atoms with van der Waals surface area (Å²) in [6, 6.07) is 1.90. The van der Waals surface area contributed by atoms with Crippen LogP contribution in [0.3, 0.4) is 0 Å². The Bertz CT molecular complexity index is 983. The van der Waals surface area contributed by atoms with Crippen molar-refractivity contribution in [1.29, 1.82) is 0 Å². The zero-order valence-electron chi connectivity index (χ0n) is 17.9. The van der Waals surface area contributed by atoms with Crippen LogP contribution >= 0.6 is 22.7 Å². The van der Waals surface area contributed by atoms with E-state index in [-0.39, 0.29) is 6.61 Å². The van der Waals surface area contributed by atoms with Gasteiger partial charge in [0.1, 0.15) is 9.88 Å². The Labute approximate surface area is 189 Å². The van der Waals surface area contributed by atoms with Crippen molar-refractivity contribution in [3.63, 3.8) is 0 Å². The normalized spacial score (nSPS) is 16.1. The van der Waals surface area contributed by atoms with E-state index in [1.54, 1.807) is 13.8 Å². The number of nitrogens with one attached hydrogen (secondary N) is 1. The summed E-state index contributed by atoms with van der Waals surface area (Å²) >= 11 is 2.89. The Kier molecular flexibility index (Phi) is 6.77. The van der Waals surface area contributed by atoms with Crippen LogP contribution in [-0.2, 0) is 40.0 Å². The van der Waals surface area contributed by atoms with Gasteiger partial charge < -0.3 is 14.8 Å². The van der Waals surface area contributed by atoms with Gasteiger partial charge in [-0.15, -0.1) is 22.7 Å². The molecule has 1 atom stereocenters. The molecule has 1 amide bonds. The lowest BCUT2D eigenvalue weighted by atomic mass is 9.95. The van der Waals surface area contributed by atoms with E-state index in [4.69, 9.17) is 9.47 Å². The van der Waals surface area contributed by atoms with E-state index in [1.165, 1.54) is 33.1 Å². The number of fused-ring (bicyclic) bond motifs is 2. The first kappa shape index (κ1) is 22.0. The van der Waals surface area contributed by atoms with E-state index in [1.807, 2.05) is 6.07 Å². The molecule has 2 aliphatic rings. The predicted molar refractivity (Wildman–Crippen MR) is 121 cm³/mol. The van der Waals surface area contributed by atoms with E-state index in [0.717, 1.165) is 61.8 Å². The summed E-state index contributed by atoms with van der Waals surface area (Å²) in [7, 11) is 0. The zero-order valence-corrected chi connectivity index (χ0v) is 19.5. The maximum absolute atomic E-state index is 12.8. The molecular formula is C23H27NO5S2. The van der Waals surface area contributed by atoms with Gasteiger partial charge in [-0.05, 0) is 82.4 Å². The highest BCUT2D eigenvalue weighted by Crippen LogP contribution is 2.38. The molecule has 0 fully saturated rings. The molecule has 1 N–H and O–H groups in total. The standard InChI is InChI=1S/C23H27NO5S2/c1-3-28-23(27)19-15-9-5-7-11-17(15)31-21(19)24-20(25)13(2)29-22(26)18-12-14-8-4-6-10-16(14)30-18/h12-13H,3-11H2,1-2H3,(H,24,25). The largest absolute Gasteiger partial charge is 0.462 e. The summed E-state index contributed by atoms with van der Waals surface area (Å²) < 4.78 is 10.7. The third-order valence-electron chi connectivity index (χ3n) is 5.74. The first-order chi connectivity index (χ1) is 15.0. The van der Waals surface area contributed by atoms with Gasteiger partial charge in [-0.3, -0.25) is 4.79 Å². The molecule has 0 radical (unpaired) electrons. The van der Waals surface area contributed by atoms with E-state index in [0.29, 0.717) is 15.4 Å². The molecule has 2 aromatic heterocycles.